The summed E-state index contributed by atoms with van der Waals surface area (Å²) in [5, 5.41) is 7.87. The molecule has 0 saturated carbocycles. The number of sulfonamides is 1. The molecule has 0 atom stereocenters. The molecule has 0 spiro atoms. The van der Waals surface area contributed by atoms with Gasteiger partial charge in [0.2, 0.25) is 15.9 Å². The second-order valence-electron chi connectivity index (χ2n) is 5.11. The molecule has 23 heavy (non-hydrogen) atoms. The minimum atomic E-state index is -3.66. The van der Waals surface area contributed by atoms with Gasteiger partial charge in [0, 0.05) is 24.9 Å². The van der Waals surface area contributed by atoms with Crippen molar-refractivity contribution >= 4 is 15.9 Å². The number of nitrogens with zero attached hydrogens (tertiary/aromatic N) is 1. The zero-order valence-corrected chi connectivity index (χ0v) is 13.4. The Labute approximate surface area is 135 Å². The Balaban J connectivity index is 1.73. The summed E-state index contributed by atoms with van der Waals surface area (Å²) < 4.78 is 22.3. The number of amides is 1. The van der Waals surface area contributed by atoms with Gasteiger partial charge in [-0.15, -0.1) is 0 Å². The van der Waals surface area contributed by atoms with Crippen molar-refractivity contribution in [3.05, 3.63) is 59.9 Å². The number of benzene rings is 1. The SMILES string of the molecule is NS(=O)(=O)c1ccc(CCNC(=O)CCc2ccccn2)cc1. The lowest BCUT2D eigenvalue weighted by Crippen LogP contribution is -2.26. The van der Waals surface area contributed by atoms with Crippen molar-refractivity contribution in [3.63, 3.8) is 0 Å². The molecule has 3 N–H and O–H groups in total. The van der Waals surface area contributed by atoms with E-state index in [1.165, 1.54) is 12.1 Å². The Bertz CT molecular complexity index is 744. The molecular weight excluding hydrogens is 314 g/mol. The number of aromatic nitrogens is 1. The zero-order valence-electron chi connectivity index (χ0n) is 12.6. The monoisotopic (exact) mass is 333 g/mol. The molecule has 1 aromatic heterocycles. The molecule has 2 aromatic rings. The van der Waals surface area contributed by atoms with Crippen molar-refractivity contribution in [2.24, 2.45) is 5.14 Å². The van der Waals surface area contributed by atoms with Crippen LogP contribution in [0.2, 0.25) is 0 Å². The largest absolute Gasteiger partial charge is 0.356 e. The third kappa shape index (κ3) is 5.80. The average molecular weight is 333 g/mol. The van der Waals surface area contributed by atoms with Gasteiger partial charge in [0.05, 0.1) is 4.90 Å². The van der Waals surface area contributed by atoms with E-state index in [9.17, 15) is 13.2 Å². The fraction of sp³-hybridized carbons (Fsp3) is 0.250. The van der Waals surface area contributed by atoms with Crippen LogP contribution in [0.25, 0.3) is 0 Å². The van der Waals surface area contributed by atoms with Crippen molar-refractivity contribution in [2.75, 3.05) is 6.54 Å². The van der Waals surface area contributed by atoms with Gasteiger partial charge < -0.3 is 5.32 Å². The first kappa shape index (κ1) is 17.1. The molecule has 1 aromatic carbocycles. The van der Waals surface area contributed by atoms with Crippen LogP contribution in [0, 0.1) is 0 Å². The highest BCUT2D eigenvalue weighted by Crippen LogP contribution is 2.09. The molecule has 0 unspecified atom stereocenters. The third-order valence-electron chi connectivity index (χ3n) is 3.32. The molecule has 2 rings (SSSR count). The van der Waals surface area contributed by atoms with Crippen LogP contribution in [0.3, 0.4) is 0 Å². The van der Waals surface area contributed by atoms with Gasteiger partial charge in [0.15, 0.2) is 0 Å². The number of hydrogen-bond donors (Lipinski definition) is 2. The van der Waals surface area contributed by atoms with Gasteiger partial charge in [-0.25, -0.2) is 13.6 Å². The standard InChI is InChI=1S/C16H19N3O3S/c17-23(21,22)15-7-4-13(5-8-15)10-12-19-16(20)9-6-14-3-1-2-11-18-14/h1-5,7-8,11H,6,9-10,12H2,(H,19,20)(H2,17,21,22). The maximum atomic E-state index is 11.8. The van der Waals surface area contributed by atoms with Crippen LogP contribution in [-0.2, 0) is 27.7 Å². The van der Waals surface area contributed by atoms with Gasteiger partial charge in [0.25, 0.3) is 0 Å². The lowest BCUT2D eigenvalue weighted by Gasteiger charge is -2.06. The normalized spacial score (nSPS) is 11.2. The van der Waals surface area contributed by atoms with E-state index in [0.717, 1.165) is 11.3 Å². The number of primary sulfonamides is 1. The van der Waals surface area contributed by atoms with Crippen LogP contribution in [0.15, 0.2) is 53.6 Å². The maximum absolute atomic E-state index is 11.8. The highest BCUT2D eigenvalue weighted by molar-refractivity contribution is 7.89. The van der Waals surface area contributed by atoms with Gasteiger partial charge in [0.1, 0.15) is 0 Å². The Morgan fingerprint density at radius 1 is 1.09 bits per heavy atom. The first-order valence-electron chi connectivity index (χ1n) is 7.23. The summed E-state index contributed by atoms with van der Waals surface area (Å²) in [6, 6.07) is 11.9. The van der Waals surface area contributed by atoms with E-state index < -0.39 is 10.0 Å². The topological polar surface area (TPSA) is 102 Å². The minimum Gasteiger partial charge on any atom is -0.356 e. The van der Waals surface area contributed by atoms with Crippen molar-refractivity contribution in [3.8, 4) is 0 Å². The number of pyridine rings is 1. The van der Waals surface area contributed by atoms with E-state index >= 15 is 0 Å². The minimum absolute atomic E-state index is 0.0307. The molecule has 0 aliphatic rings. The summed E-state index contributed by atoms with van der Waals surface area (Å²) in [5.74, 6) is -0.0307. The summed E-state index contributed by atoms with van der Waals surface area (Å²) in [7, 11) is -3.66. The second kappa shape index (κ2) is 7.85. The van der Waals surface area contributed by atoms with E-state index in [-0.39, 0.29) is 10.8 Å². The second-order valence-corrected chi connectivity index (χ2v) is 6.67. The summed E-state index contributed by atoms with van der Waals surface area (Å²) in [4.78, 5) is 16.0. The Morgan fingerprint density at radius 3 is 2.43 bits per heavy atom. The molecule has 122 valence electrons. The van der Waals surface area contributed by atoms with E-state index in [0.29, 0.717) is 25.8 Å². The van der Waals surface area contributed by atoms with Crippen LogP contribution in [0.4, 0.5) is 0 Å². The number of rotatable bonds is 7. The van der Waals surface area contributed by atoms with Crippen LogP contribution >= 0.6 is 0 Å². The highest BCUT2D eigenvalue weighted by atomic mass is 32.2. The molecule has 0 aliphatic heterocycles. The fourth-order valence-electron chi connectivity index (χ4n) is 2.07. The first-order chi connectivity index (χ1) is 10.9. The molecule has 7 heteroatoms. The lowest BCUT2D eigenvalue weighted by atomic mass is 10.1. The van der Waals surface area contributed by atoms with Gasteiger partial charge in [-0.05, 0) is 42.7 Å². The summed E-state index contributed by atoms with van der Waals surface area (Å²) in [5.41, 5.74) is 1.82. The number of carbonyl (C=O) groups is 1. The van der Waals surface area contributed by atoms with Gasteiger partial charge in [-0.1, -0.05) is 18.2 Å². The molecule has 0 saturated heterocycles. The quantitative estimate of drug-likeness (QED) is 0.789. The average Bonchev–Trinajstić information content (AvgIpc) is 2.53. The predicted molar refractivity (Wildman–Crippen MR) is 87.1 cm³/mol. The zero-order chi connectivity index (χ0) is 16.7. The molecule has 0 bridgehead atoms. The number of carbonyl (C=O) groups excluding carboxylic acids is 1. The van der Waals surface area contributed by atoms with Gasteiger partial charge in [-0.3, -0.25) is 9.78 Å². The summed E-state index contributed by atoms with van der Waals surface area (Å²) in [6.07, 6.45) is 3.33. The van der Waals surface area contributed by atoms with Gasteiger partial charge in [-0.2, -0.15) is 0 Å². The van der Waals surface area contributed by atoms with Crippen LogP contribution in [0.5, 0.6) is 0 Å². The number of aryl methyl sites for hydroxylation is 1. The Hall–Kier alpha value is -2.25. The van der Waals surface area contributed by atoms with Crippen LogP contribution in [-0.4, -0.2) is 25.9 Å². The number of hydrogen-bond acceptors (Lipinski definition) is 4. The van der Waals surface area contributed by atoms with E-state index in [2.05, 4.69) is 10.3 Å². The maximum Gasteiger partial charge on any atom is 0.238 e. The molecule has 1 heterocycles. The van der Waals surface area contributed by atoms with Gasteiger partial charge >= 0.3 is 0 Å². The first-order valence-corrected chi connectivity index (χ1v) is 8.78. The Kier molecular flexibility index (Phi) is 5.84. The fourth-order valence-corrected chi connectivity index (χ4v) is 2.58. The lowest BCUT2D eigenvalue weighted by molar-refractivity contribution is -0.121. The number of nitrogens with one attached hydrogen (secondary N) is 1. The summed E-state index contributed by atoms with van der Waals surface area (Å²) in [6.45, 7) is 0.496. The predicted octanol–water partition coefficient (Wildman–Crippen LogP) is 1.02. The smallest absolute Gasteiger partial charge is 0.238 e. The van der Waals surface area contributed by atoms with E-state index in [4.69, 9.17) is 5.14 Å². The van der Waals surface area contributed by atoms with E-state index in [1.807, 2.05) is 18.2 Å². The number of nitrogens with two attached hydrogens (primary N) is 1. The van der Waals surface area contributed by atoms with Crippen LogP contribution < -0.4 is 10.5 Å². The van der Waals surface area contributed by atoms with Crippen molar-refractivity contribution in [1.29, 1.82) is 0 Å². The molecule has 0 radical (unpaired) electrons. The molecular formula is C16H19N3O3S. The highest BCUT2D eigenvalue weighted by Gasteiger charge is 2.07. The molecule has 0 aliphatic carbocycles. The van der Waals surface area contributed by atoms with Crippen molar-refractivity contribution in [1.82, 2.24) is 10.3 Å². The van der Waals surface area contributed by atoms with E-state index in [1.54, 1.807) is 18.3 Å². The molecule has 0 fully saturated rings. The third-order valence-corrected chi connectivity index (χ3v) is 4.25. The van der Waals surface area contributed by atoms with Crippen molar-refractivity contribution < 1.29 is 13.2 Å². The Morgan fingerprint density at radius 2 is 1.83 bits per heavy atom. The molecule has 1 amide bonds. The van der Waals surface area contributed by atoms with Crippen molar-refractivity contribution in [2.45, 2.75) is 24.2 Å². The summed E-state index contributed by atoms with van der Waals surface area (Å²) >= 11 is 0. The van der Waals surface area contributed by atoms with Crippen LogP contribution in [0.1, 0.15) is 17.7 Å². The molecule has 6 nitrogen and oxygen atoms in total.